The molecule has 0 radical (unpaired) electrons. The molecule has 0 heterocycles. The van der Waals surface area contributed by atoms with Gasteiger partial charge in [-0.2, -0.15) is 0 Å². The van der Waals surface area contributed by atoms with Gasteiger partial charge in [0, 0.05) is 18.2 Å². The Balaban J connectivity index is 1.94. The van der Waals surface area contributed by atoms with Crippen LogP contribution in [0.15, 0.2) is 29.2 Å². The average molecular weight is 382 g/mol. The van der Waals surface area contributed by atoms with Gasteiger partial charge in [-0.1, -0.05) is 13.8 Å². The van der Waals surface area contributed by atoms with E-state index in [1.54, 1.807) is 0 Å². The third-order valence-corrected chi connectivity index (χ3v) is 5.96. The summed E-state index contributed by atoms with van der Waals surface area (Å²) in [5.41, 5.74) is 0.383. The molecule has 0 aromatic heterocycles. The van der Waals surface area contributed by atoms with Crippen LogP contribution < -0.4 is 10.0 Å². The maximum atomic E-state index is 12.3. The van der Waals surface area contributed by atoms with Crippen molar-refractivity contribution in [2.45, 2.75) is 50.5 Å². The molecular formula is C18H26N2O5S. The first-order valence-electron chi connectivity index (χ1n) is 8.82. The third kappa shape index (κ3) is 5.54. The fraction of sp³-hybridized carbons (Fsp3) is 0.556. The lowest BCUT2D eigenvalue weighted by Crippen LogP contribution is -2.38. The Hall–Kier alpha value is -1.93. The zero-order chi connectivity index (χ0) is 19.3. The summed E-state index contributed by atoms with van der Waals surface area (Å²) in [4.78, 5) is 23.4. The van der Waals surface area contributed by atoms with E-state index in [0.29, 0.717) is 37.8 Å². The molecule has 1 saturated carbocycles. The number of sulfonamides is 1. The van der Waals surface area contributed by atoms with Crippen LogP contribution in [0, 0.1) is 11.8 Å². The van der Waals surface area contributed by atoms with Crippen molar-refractivity contribution in [1.29, 1.82) is 0 Å². The van der Waals surface area contributed by atoms with Crippen LogP contribution >= 0.6 is 0 Å². The molecule has 3 N–H and O–H groups in total. The van der Waals surface area contributed by atoms with Crippen molar-refractivity contribution in [2.75, 3.05) is 6.54 Å². The summed E-state index contributed by atoms with van der Waals surface area (Å²) < 4.78 is 26.8. The molecule has 0 spiro atoms. The highest BCUT2D eigenvalue weighted by atomic mass is 32.2. The Morgan fingerprint density at radius 2 is 1.69 bits per heavy atom. The van der Waals surface area contributed by atoms with Crippen LogP contribution in [-0.2, 0) is 14.8 Å². The normalized spacial score (nSPS) is 20.7. The standard InChI is InChI=1S/C18H26N2O5S/c1-12(2)11-19-26(24,25)16-9-5-13(6-10-16)17(21)20-15-7-3-14(4-8-15)18(22)23/h5-6,9-10,12,14-15,19H,3-4,7-8,11H2,1-2H3,(H,20,21)(H,22,23). The van der Waals surface area contributed by atoms with E-state index in [-0.39, 0.29) is 28.7 Å². The smallest absolute Gasteiger partial charge is 0.306 e. The van der Waals surface area contributed by atoms with E-state index in [9.17, 15) is 18.0 Å². The quantitative estimate of drug-likeness (QED) is 0.668. The number of hydrogen-bond donors (Lipinski definition) is 3. The molecule has 1 fully saturated rings. The van der Waals surface area contributed by atoms with Crippen molar-refractivity contribution in [3.8, 4) is 0 Å². The van der Waals surface area contributed by atoms with Crippen molar-refractivity contribution >= 4 is 21.9 Å². The molecule has 2 rings (SSSR count). The van der Waals surface area contributed by atoms with Crippen molar-refractivity contribution in [3.63, 3.8) is 0 Å². The van der Waals surface area contributed by atoms with Crippen LogP contribution in [0.4, 0.5) is 0 Å². The van der Waals surface area contributed by atoms with E-state index in [2.05, 4.69) is 10.0 Å². The van der Waals surface area contributed by atoms with Gasteiger partial charge in [0.25, 0.3) is 5.91 Å². The molecule has 1 amide bonds. The average Bonchev–Trinajstić information content (AvgIpc) is 2.60. The largest absolute Gasteiger partial charge is 0.481 e. The molecule has 0 aliphatic heterocycles. The zero-order valence-electron chi connectivity index (χ0n) is 15.1. The molecule has 8 heteroatoms. The van der Waals surface area contributed by atoms with Gasteiger partial charge in [0.15, 0.2) is 0 Å². The van der Waals surface area contributed by atoms with E-state index in [1.807, 2.05) is 13.8 Å². The molecule has 1 aliphatic carbocycles. The molecule has 1 aromatic rings. The summed E-state index contributed by atoms with van der Waals surface area (Å²) >= 11 is 0. The molecule has 7 nitrogen and oxygen atoms in total. The van der Waals surface area contributed by atoms with Crippen LogP contribution in [0.25, 0.3) is 0 Å². The van der Waals surface area contributed by atoms with Crippen LogP contribution in [0.1, 0.15) is 49.9 Å². The van der Waals surface area contributed by atoms with Gasteiger partial charge in [0.05, 0.1) is 10.8 Å². The summed E-state index contributed by atoms with van der Waals surface area (Å²) in [5, 5.41) is 11.9. The number of carbonyl (C=O) groups is 2. The van der Waals surface area contributed by atoms with Gasteiger partial charge in [-0.15, -0.1) is 0 Å². The van der Waals surface area contributed by atoms with Crippen LogP contribution in [0.2, 0.25) is 0 Å². The Morgan fingerprint density at radius 3 is 2.19 bits per heavy atom. The summed E-state index contributed by atoms with van der Waals surface area (Å²) in [7, 11) is -3.58. The highest BCUT2D eigenvalue weighted by Gasteiger charge is 2.27. The molecule has 1 aromatic carbocycles. The molecular weight excluding hydrogens is 356 g/mol. The van der Waals surface area contributed by atoms with Gasteiger partial charge in [-0.3, -0.25) is 9.59 Å². The van der Waals surface area contributed by atoms with Crippen LogP contribution in [-0.4, -0.2) is 38.0 Å². The first kappa shape index (κ1) is 20.4. The summed E-state index contributed by atoms with van der Waals surface area (Å²) in [6.45, 7) is 4.18. The Labute approximate surface area is 154 Å². The lowest BCUT2D eigenvalue weighted by atomic mass is 9.86. The van der Waals surface area contributed by atoms with Crippen LogP contribution in [0.3, 0.4) is 0 Å². The fourth-order valence-electron chi connectivity index (χ4n) is 2.90. The molecule has 144 valence electrons. The van der Waals surface area contributed by atoms with Crippen molar-refractivity contribution < 1.29 is 23.1 Å². The highest BCUT2D eigenvalue weighted by molar-refractivity contribution is 7.89. The molecule has 0 atom stereocenters. The van der Waals surface area contributed by atoms with Crippen molar-refractivity contribution in [1.82, 2.24) is 10.0 Å². The third-order valence-electron chi connectivity index (χ3n) is 4.52. The predicted molar refractivity (Wildman–Crippen MR) is 97.3 cm³/mol. The lowest BCUT2D eigenvalue weighted by molar-refractivity contribution is -0.142. The molecule has 0 bridgehead atoms. The zero-order valence-corrected chi connectivity index (χ0v) is 15.9. The number of hydrogen-bond acceptors (Lipinski definition) is 4. The first-order valence-corrected chi connectivity index (χ1v) is 10.3. The van der Waals surface area contributed by atoms with Crippen molar-refractivity contribution in [3.05, 3.63) is 29.8 Å². The van der Waals surface area contributed by atoms with Gasteiger partial charge in [0.2, 0.25) is 10.0 Å². The van der Waals surface area contributed by atoms with Gasteiger partial charge in [-0.25, -0.2) is 13.1 Å². The summed E-state index contributed by atoms with van der Waals surface area (Å²) in [6.07, 6.45) is 2.38. The van der Waals surface area contributed by atoms with Crippen molar-refractivity contribution in [2.24, 2.45) is 11.8 Å². The maximum absolute atomic E-state index is 12.3. The molecule has 0 saturated heterocycles. The van der Waals surface area contributed by atoms with E-state index in [0.717, 1.165) is 0 Å². The van der Waals surface area contributed by atoms with E-state index in [1.165, 1.54) is 24.3 Å². The lowest BCUT2D eigenvalue weighted by Gasteiger charge is -2.26. The minimum absolute atomic E-state index is 0.0470. The van der Waals surface area contributed by atoms with Gasteiger partial charge in [0.1, 0.15) is 0 Å². The fourth-order valence-corrected chi connectivity index (χ4v) is 4.11. The molecule has 26 heavy (non-hydrogen) atoms. The Kier molecular flexibility index (Phi) is 6.77. The Bertz CT molecular complexity index is 735. The van der Waals surface area contributed by atoms with Gasteiger partial charge < -0.3 is 10.4 Å². The maximum Gasteiger partial charge on any atom is 0.306 e. The first-order chi connectivity index (χ1) is 12.2. The number of amides is 1. The number of carbonyl (C=O) groups excluding carboxylic acids is 1. The minimum Gasteiger partial charge on any atom is -0.481 e. The number of nitrogens with one attached hydrogen (secondary N) is 2. The minimum atomic E-state index is -3.58. The van der Waals surface area contributed by atoms with Crippen LogP contribution in [0.5, 0.6) is 0 Å². The van der Waals surface area contributed by atoms with E-state index in [4.69, 9.17) is 5.11 Å². The van der Waals surface area contributed by atoms with Gasteiger partial charge >= 0.3 is 5.97 Å². The number of benzene rings is 1. The number of rotatable bonds is 7. The second kappa shape index (κ2) is 8.64. The van der Waals surface area contributed by atoms with E-state index >= 15 is 0 Å². The highest BCUT2D eigenvalue weighted by Crippen LogP contribution is 2.24. The molecule has 0 unspecified atom stereocenters. The molecule has 1 aliphatic rings. The number of aliphatic carboxylic acids is 1. The Morgan fingerprint density at radius 1 is 1.12 bits per heavy atom. The van der Waals surface area contributed by atoms with E-state index < -0.39 is 16.0 Å². The topological polar surface area (TPSA) is 113 Å². The predicted octanol–water partition coefficient (Wildman–Crippen LogP) is 1.99. The SMILES string of the molecule is CC(C)CNS(=O)(=O)c1ccc(C(=O)NC2CCC(C(=O)O)CC2)cc1. The monoisotopic (exact) mass is 382 g/mol. The number of carboxylic acids is 1. The second-order valence-electron chi connectivity index (χ2n) is 7.13. The summed E-state index contributed by atoms with van der Waals surface area (Å²) in [6, 6.07) is 5.76. The summed E-state index contributed by atoms with van der Waals surface area (Å²) in [5.74, 6) is -1.18. The number of carboxylic acid groups (broad SMARTS) is 1. The second-order valence-corrected chi connectivity index (χ2v) is 8.90. The van der Waals surface area contributed by atoms with Gasteiger partial charge in [-0.05, 0) is 55.9 Å².